The lowest BCUT2D eigenvalue weighted by Crippen LogP contribution is -2.28. The minimum atomic E-state index is -3.91. The molecule has 21 heavy (non-hydrogen) atoms. The number of hydrogen-bond donors (Lipinski definition) is 2. The summed E-state index contributed by atoms with van der Waals surface area (Å²) in [4.78, 5) is 0.551. The Balaban J connectivity index is 2.29. The standard InChI is InChI=1S/C14H17FN2O2S2/c1-2-12(13-4-3-7-20-13)17-21(18,19)14-6-5-10(9-16)8-11(14)15/h3-8,12,17H,2,9,16H2,1H3. The monoisotopic (exact) mass is 328 g/mol. The van der Waals surface area contributed by atoms with Gasteiger partial charge in [-0.3, -0.25) is 0 Å². The highest BCUT2D eigenvalue weighted by Crippen LogP contribution is 2.25. The van der Waals surface area contributed by atoms with E-state index in [2.05, 4.69) is 4.72 Å². The third kappa shape index (κ3) is 3.68. The van der Waals surface area contributed by atoms with Crippen molar-refractivity contribution in [3.05, 3.63) is 52.0 Å². The van der Waals surface area contributed by atoms with Gasteiger partial charge in [0.1, 0.15) is 10.7 Å². The number of hydrogen-bond acceptors (Lipinski definition) is 4. The lowest BCUT2D eigenvalue weighted by atomic mass is 10.2. The zero-order valence-electron chi connectivity index (χ0n) is 11.5. The van der Waals surface area contributed by atoms with E-state index in [-0.39, 0.29) is 17.5 Å². The molecule has 0 saturated carbocycles. The van der Waals surface area contributed by atoms with E-state index < -0.39 is 15.8 Å². The van der Waals surface area contributed by atoms with E-state index in [1.807, 2.05) is 24.4 Å². The predicted molar refractivity (Wildman–Crippen MR) is 82.0 cm³/mol. The van der Waals surface area contributed by atoms with Crippen molar-refractivity contribution >= 4 is 21.4 Å². The van der Waals surface area contributed by atoms with Crippen LogP contribution in [0.2, 0.25) is 0 Å². The zero-order valence-corrected chi connectivity index (χ0v) is 13.2. The van der Waals surface area contributed by atoms with Crippen LogP contribution in [0.3, 0.4) is 0 Å². The Bertz CT molecular complexity index is 700. The van der Waals surface area contributed by atoms with Gasteiger partial charge < -0.3 is 5.73 Å². The van der Waals surface area contributed by atoms with E-state index in [9.17, 15) is 12.8 Å². The van der Waals surface area contributed by atoms with Crippen molar-refractivity contribution in [3.8, 4) is 0 Å². The van der Waals surface area contributed by atoms with Gasteiger partial charge in [-0.15, -0.1) is 11.3 Å². The fourth-order valence-electron chi connectivity index (χ4n) is 1.97. The molecule has 0 aliphatic rings. The topological polar surface area (TPSA) is 72.2 Å². The molecule has 1 unspecified atom stereocenters. The molecule has 0 amide bonds. The second-order valence-electron chi connectivity index (χ2n) is 4.57. The first-order valence-electron chi connectivity index (χ1n) is 6.52. The highest BCUT2D eigenvalue weighted by atomic mass is 32.2. The molecule has 2 aromatic rings. The van der Waals surface area contributed by atoms with Crippen LogP contribution in [0, 0.1) is 5.82 Å². The summed E-state index contributed by atoms with van der Waals surface area (Å²) in [6.45, 7) is 2.04. The van der Waals surface area contributed by atoms with Crippen LogP contribution in [0.4, 0.5) is 4.39 Å². The summed E-state index contributed by atoms with van der Waals surface area (Å²) >= 11 is 1.46. The van der Waals surface area contributed by atoms with Gasteiger partial charge in [0.2, 0.25) is 10.0 Å². The van der Waals surface area contributed by atoms with Crippen LogP contribution in [0.15, 0.2) is 40.6 Å². The van der Waals surface area contributed by atoms with Crippen molar-refractivity contribution in [1.29, 1.82) is 0 Å². The molecule has 0 saturated heterocycles. The van der Waals surface area contributed by atoms with E-state index in [4.69, 9.17) is 5.73 Å². The van der Waals surface area contributed by atoms with Crippen LogP contribution in [0.1, 0.15) is 29.8 Å². The molecule has 1 atom stereocenters. The Labute approximate surface area is 127 Å². The number of sulfonamides is 1. The first-order chi connectivity index (χ1) is 9.97. The molecule has 0 radical (unpaired) electrons. The quantitative estimate of drug-likeness (QED) is 0.856. The Hall–Kier alpha value is -1.28. The van der Waals surface area contributed by atoms with Gasteiger partial charge in [0.05, 0.1) is 6.04 Å². The number of benzene rings is 1. The number of nitrogens with two attached hydrogens (primary N) is 1. The molecule has 0 spiro atoms. The van der Waals surface area contributed by atoms with Gasteiger partial charge in [-0.1, -0.05) is 19.1 Å². The molecule has 4 nitrogen and oxygen atoms in total. The minimum Gasteiger partial charge on any atom is -0.326 e. The van der Waals surface area contributed by atoms with Crippen molar-refractivity contribution in [3.63, 3.8) is 0 Å². The largest absolute Gasteiger partial charge is 0.326 e. The summed E-state index contributed by atoms with van der Waals surface area (Å²) in [5, 5.41) is 1.88. The number of thiophene rings is 1. The average molecular weight is 328 g/mol. The van der Waals surface area contributed by atoms with Crippen molar-refractivity contribution in [2.75, 3.05) is 0 Å². The molecule has 1 aromatic heterocycles. The summed E-state index contributed by atoms with van der Waals surface area (Å²) < 4.78 is 41.2. The van der Waals surface area contributed by atoms with E-state index in [1.165, 1.54) is 23.5 Å². The van der Waals surface area contributed by atoms with E-state index >= 15 is 0 Å². The second-order valence-corrected chi connectivity index (χ2v) is 7.23. The Morgan fingerprint density at radius 3 is 2.67 bits per heavy atom. The number of rotatable bonds is 6. The SMILES string of the molecule is CCC(NS(=O)(=O)c1ccc(CN)cc1F)c1cccs1. The van der Waals surface area contributed by atoms with Gasteiger partial charge in [-0.2, -0.15) is 0 Å². The highest BCUT2D eigenvalue weighted by Gasteiger charge is 2.23. The van der Waals surface area contributed by atoms with E-state index in [0.29, 0.717) is 12.0 Å². The predicted octanol–water partition coefficient (Wildman–Crippen LogP) is 2.78. The molecule has 1 aromatic carbocycles. The van der Waals surface area contributed by atoms with Gasteiger partial charge in [0, 0.05) is 11.4 Å². The average Bonchev–Trinajstić information content (AvgIpc) is 2.98. The van der Waals surface area contributed by atoms with Crippen LogP contribution in [-0.2, 0) is 16.6 Å². The Morgan fingerprint density at radius 2 is 2.14 bits per heavy atom. The summed E-state index contributed by atoms with van der Waals surface area (Å²) in [5.74, 6) is -0.786. The van der Waals surface area contributed by atoms with Crippen LogP contribution < -0.4 is 10.5 Å². The zero-order chi connectivity index (χ0) is 15.5. The summed E-state index contributed by atoms with van der Waals surface area (Å²) in [6, 6.07) is 7.28. The van der Waals surface area contributed by atoms with Crippen LogP contribution in [-0.4, -0.2) is 8.42 Å². The molecule has 3 N–H and O–H groups in total. The molecule has 2 rings (SSSR count). The first kappa shape index (κ1) is 16.1. The van der Waals surface area contributed by atoms with E-state index in [0.717, 1.165) is 10.9 Å². The maximum Gasteiger partial charge on any atom is 0.244 e. The molecule has 7 heteroatoms. The number of nitrogens with one attached hydrogen (secondary N) is 1. The van der Waals surface area contributed by atoms with Crippen molar-refractivity contribution in [1.82, 2.24) is 4.72 Å². The summed E-state index contributed by atoms with van der Waals surface area (Å²) in [7, 11) is -3.91. The molecule has 114 valence electrons. The molecular weight excluding hydrogens is 311 g/mol. The second kappa shape index (κ2) is 6.65. The normalized spacial score (nSPS) is 13.3. The van der Waals surface area contributed by atoms with Crippen molar-refractivity contribution < 1.29 is 12.8 Å². The Kier molecular flexibility index (Phi) is 5.10. The molecule has 0 bridgehead atoms. The summed E-state index contributed by atoms with van der Waals surface area (Å²) in [6.07, 6.45) is 0.586. The molecule has 0 aliphatic carbocycles. The van der Waals surface area contributed by atoms with Crippen LogP contribution in [0.5, 0.6) is 0 Å². The first-order valence-corrected chi connectivity index (χ1v) is 8.88. The lowest BCUT2D eigenvalue weighted by Gasteiger charge is -2.16. The van der Waals surface area contributed by atoms with Gasteiger partial charge in [0.15, 0.2) is 0 Å². The van der Waals surface area contributed by atoms with Gasteiger partial charge >= 0.3 is 0 Å². The maximum absolute atomic E-state index is 14.0. The fraction of sp³-hybridized carbons (Fsp3) is 0.286. The molecule has 1 heterocycles. The van der Waals surface area contributed by atoms with Crippen molar-refractivity contribution in [2.45, 2.75) is 30.8 Å². The van der Waals surface area contributed by atoms with Gasteiger partial charge in [0.25, 0.3) is 0 Å². The lowest BCUT2D eigenvalue weighted by molar-refractivity contribution is 0.537. The number of halogens is 1. The van der Waals surface area contributed by atoms with Gasteiger partial charge in [-0.25, -0.2) is 17.5 Å². The molecule has 0 fully saturated rings. The smallest absolute Gasteiger partial charge is 0.244 e. The van der Waals surface area contributed by atoms with Crippen LogP contribution in [0.25, 0.3) is 0 Å². The van der Waals surface area contributed by atoms with Gasteiger partial charge in [-0.05, 0) is 35.6 Å². The highest BCUT2D eigenvalue weighted by molar-refractivity contribution is 7.89. The fourth-order valence-corrected chi connectivity index (χ4v) is 4.27. The summed E-state index contributed by atoms with van der Waals surface area (Å²) in [5.41, 5.74) is 5.97. The van der Waals surface area contributed by atoms with E-state index in [1.54, 1.807) is 0 Å². The third-order valence-electron chi connectivity index (χ3n) is 3.11. The third-order valence-corrected chi connectivity index (χ3v) is 5.60. The van der Waals surface area contributed by atoms with Crippen LogP contribution >= 0.6 is 11.3 Å². The molecular formula is C14H17FN2O2S2. The maximum atomic E-state index is 14.0. The van der Waals surface area contributed by atoms with Crippen molar-refractivity contribution in [2.24, 2.45) is 5.73 Å². The Morgan fingerprint density at radius 1 is 1.38 bits per heavy atom. The molecule has 0 aliphatic heterocycles. The minimum absolute atomic E-state index is 0.164.